The van der Waals surface area contributed by atoms with E-state index in [9.17, 15) is 19.2 Å². The maximum Gasteiger partial charge on any atom is 0.408 e. The Morgan fingerprint density at radius 2 is 1.52 bits per heavy atom. The third-order valence-corrected chi connectivity index (χ3v) is 6.60. The van der Waals surface area contributed by atoms with Crippen LogP contribution in [0.25, 0.3) is 0 Å². The van der Waals surface area contributed by atoms with Crippen LogP contribution in [0.5, 0.6) is 0 Å². The molecule has 1 aliphatic heterocycles. The summed E-state index contributed by atoms with van der Waals surface area (Å²) in [5.41, 5.74) is 0.986. The lowest BCUT2D eigenvalue weighted by Crippen LogP contribution is -2.57. The van der Waals surface area contributed by atoms with Crippen LogP contribution < -0.4 is 10.6 Å². The van der Waals surface area contributed by atoms with Gasteiger partial charge in [0.15, 0.2) is 0 Å². The van der Waals surface area contributed by atoms with Crippen molar-refractivity contribution in [2.45, 2.75) is 90.8 Å². The van der Waals surface area contributed by atoms with Gasteiger partial charge in [0, 0.05) is 18.9 Å². The molecule has 0 spiro atoms. The van der Waals surface area contributed by atoms with Crippen molar-refractivity contribution in [2.75, 3.05) is 0 Å². The highest BCUT2D eigenvalue weighted by Gasteiger charge is 2.47. The lowest BCUT2D eigenvalue weighted by atomic mass is 9.95. The number of benzene rings is 2. The standard InChI is InChI=1S/C31H41N3O6/c1-20(2)27-24(32-21(3)29(37)40-31(4,5)6)18-26(35)34(27)28(36)25(17-22-13-9-7-10-14-22)33-30(38)39-19-23-15-11-8-12-16-23/h7-16,20-21,24-25,27,32H,17-19H2,1-6H3,(H,33,38)/t21-,24-,25-,27-/m0/s1. The molecule has 1 fully saturated rings. The van der Waals surface area contributed by atoms with Crippen molar-refractivity contribution < 1.29 is 28.7 Å². The summed E-state index contributed by atoms with van der Waals surface area (Å²) in [5, 5.41) is 5.91. The van der Waals surface area contributed by atoms with E-state index in [1.807, 2.05) is 74.5 Å². The van der Waals surface area contributed by atoms with Crippen molar-refractivity contribution in [1.82, 2.24) is 15.5 Å². The summed E-state index contributed by atoms with van der Waals surface area (Å²) in [6.45, 7) is 10.9. The van der Waals surface area contributed by atoms with Crippen molar-refractivity contribution in [2.24, 2.45) is 5.92 Å². The quantitative estimate of drug-likeness (QED) is 0.429. The molecule has 0 bridgehead atoms. The Morgan fingerprint density at radius 1 is 0.950 bits per heavy atom. The highest BCUT2D eigenvalue weighted by Crippen LogP contribution is 2.28. The van der Waals surface area contributed by atoms with Crippen LogP contribution in [0.3, 0.4) is 0 Å². The Bertz CT molecular complexity index is 1160. The number of nitrogens with zero attached hydrogens (tertiary/aromatic N) is 1. The van der Waals surface area contributed by atoms with Crippen LogP contribution in [0.4, 0.5) is 4.79 Å². The smallest absolute Gasteiger partial charge is 0.408 e. The van der Waals surface area contributed by atoms with Gasteiger partial charge < -0.3 is 14.8 Å². The number of nitrogens with one attached hydrogen (secondary N) is 2. The van der Waals surface area contributed by atoms with E-state index in [1.165, 1.54) is 4.90 Å². The number of alkyl carbamates (subject to hydrolysis) is 1. The van der Waals surface area contributed by atoms with Gasteiger partial charge in [-0.25, -0.2) is 4.79 Å². The molecule has 2 N–H and O–H groups in total. The molecule has 1 heterocycles. The number of carbonyl (C=O) groups is 4. The normalized spacial score (nSPS) is 18.8. The zero-order valence-corrected chi connectivity index (χ0v) is 24.2. The number of rotatable bonds is 10. The second kappa shape index (κ2) is 13.6. The Hall–Kier alpha value is -3.72. The minimum atomic E-state index is -1.03. The van der Waals surface area contributed by atoms with Gasteiger partial charge in [0.2, 0.25) is 5.91 Å². The summed E-state index contributed by atoms with van der Waals surface area (Å²) in [5.74, 6) is -1.42. The number of hydrogen-bond acceptors (Lipinski definition) is 7. The molecule has 3 rings (SSSR count). The first-order chi connectivity index (χ1) is 18.9. The maximum atomic E-state index is 14.0. The van der Waals surface area contributed by atoms with E-state index in [0.29, 0.717) is 0 Å². The van der Waals surface area contributed by atoms with Crippen LogP contribution in [0.2, 0.25) is 0 Å². The summed E-state index contributed by atoms with van der Waals surface area (Å²) >= 11 is 0. The van der Waals surface area contributed by atoms with E-state index in [1.54, 1.807) is 27.7 Å². The lowest BCUT2D eigenvalue weighted by Gasteiger charge is -2.34. The number of likely N-dealkylation sites (tertiary alicyclic amines) is 1. The fraction of sp³-hybridized carbons (Fsp3) is 0.484. The van der Waals surface area contributed by atoms with Gasteiger partial charge in [0.05, 0.1) is 6.04 Å². The molecule has 0 unspecified atom stereocenters. The van der Waals surface area contributed by atoms with Crippen molar-refractivity contribution >= 4 is 23.9 Å². The Labute approximate surface area is 236 Å². The second-order valence-electron chi connectivity index (χ2n) is 11.5. The van der Waals surface area contributed by atoms with Gasteiger partial charge in [-0.1, -0.05) is 74.5 Å². The molecule has 0 aromatic heterocycles. The molecule has 0 saturated carbocycles. The van der Waals surface area contributed by atoms with E-state index < -0.39 is 47.7 Å². The SMILES string of the molecule is CC(C)[C@H]1[C@@H](N[C@@H](C)C(=O)OC(C)(C)C)CC(=O)N1C(=O)[C@H](Cc1ccccc1)NC(=O)OCc1ccccc1. The van der Waals surface area contributed by atoms with Crippen LogP contribution in [0.1, 0.15) is 59.1 Å². The van der Waals surface area contributed by atoms with Gasteiger partial charge in [0.1, 0.15) is 24.3 Å². The van der Waals surface area contributed by atoms with E-state index in [0.717, 1.165) is 11.1 Å². The monoisotopic (exact) mass is 551 g/mol. The maximum absolute atomic E-state index is 14.0. The summed E-state index contributed by atoms with van der Waals surface area (Å²) in [6.07, 6.45) is -0.529. The van der Waals surface area contributed by atoms with Gasteiger partial charge in [-0.05, 0) is 44.7 Å². The van der Waals surface area contributed by atoms with Gasteiger partial charge in [-0.2, -0.15) is 0 Å². The third-order valence-electron chi connectivity index (χ3n) is 6.60. The van der Waals surface area contributed by atoms with Crippen molar-refractivity contribution in [3.63, 3.8) is 0 Å². The van der Waals surface area contributed by atoms with Crippen molar-refractivity contribution in [3.05, 3.63) is 71.8 Å². The Morgan fingerprint density at radius 3 is 2.08 bits per heavy atom. The number of ether oxygens (including phenoxy) is 2. The fourth-order valence-corrected chi connectivity index (χ4v) is 4.85. The fourth-order valence-electron chi connectivity index (χ4n) is 4.85. The van der Waals surface area contributed by atoms with Gasteiger partial charge in [0.25, 0.3) is 5.91 Å². The van der Waals surface area contributed by atoms with E-state index in [-0.39, 0.29) is 31.3 Å². The first kappa shape index (κ1) is 30.8. The summed E-state index contributed by atoms with van der Waals surface area (Å²) < 4.78 is 10.9. The van der Waals surface area contributed by atoms with Gasteiger partial charge in [-0.15, -0.1) is 0 Å². The topological polar surface area (TPSA) is 114 Å². The van der Waals surface area contributed by atoms with Crippen molar-refractivity contribution in [3.8, 4) is 0 Å². The summed E-state index contributed by atoms with van der Waals surface area (Å²) in [4.78, 5) is 53.9. The number of imide groups is 1. The van der Waals surface area contributed by atoms with E-state index >= 15 is 0 Å². The molecule has 2 aromatic rings. The van der Waals surface area contributed by atoms with Crippen LogP contribution >= 0.6 is 0 Å². The first-order valence-electron chi connectivity index (χ1n) is 13.7. The highest BCUT2D eigenvalue weighted by atomic mass is 16.6. The zero-order chi connectivity index (χ0) is 29.4. The molecule has 1 aliphatic rings. The molecule has 40 heavy (non-hydrogen) atoms. The lowest BCUT2D eigenvalue weighted by molar-refractivity contribution is -0.157. The molecule has 1 saturated heterocycles. The van der Waals surface area contributed by atoms with Crippen molar-refractivity contribution in [1.29, 1.82) is 0 Å². The Balaban J connectivity index is 1.78. The summed E-state index contributed by atoms with van der Waals surface area (Å²) in [7, 11) is 0. The van der Waals surface area contributed by atoms with Gasteiger partial charge >= 0.3 is 12.1 Å². The highest BCUT2D eigenvalue weighted by molar-refractivity contribution is 6.01. The molecule has 0 radical (unpaired) electrons. The first-order valence-corrected chi connectivity index (χ1v) is 13.7. The molecule has 2 aromatic carbocycles. The molecular weight excluding hydrogens is 510 g/mol. The molecule has 216 valence electrons. The molecule has 9 nitrogen and oxygen atoms in total. The van der Waals surface area contributed by atoms with Crippen LogP contribution in [0, 0.1) is 5.92 Å². The van der Waals surface area contributed by atoms with E-state index in [4.69, 9.17) is 9.47 Å². The summed E-state index contributed by atoms with van der Waals surface area (Å²) in [6, 6.07) is 15.8. The van der Waals surface area contributed by atoms with Crippen LogP contribution in [0.15, 0.2) is 60.7 Å². The number of carbonyl (C=O) groups excluding carboxylic acids is 4. The van der Waals surface area contributed by atoms with Gasteiger partial charge in [-0.3, -0.25) is 24.6 Å². The Kier molecular flexibility index (Phi) is 10.5. The number of esters is 1. The minimum Gasteiger partial charge on any atom is -0.459 e. The average Bonchev–Trinajstić information content (AvgIpc) is 3.22. The molecule has 4 atom stereocenters. The predicted molar refractivity (Wildman–Crippen MR) is 151 cm³/mol. The van der Waals surface area contributed by atoms with E-state index in [2.05, 4.69) is 10.6 Å². The zero-order valence-electron chi connectivity index (χ0n) is 24.2. The molecule has 9 heteroatoms. The molecular formula is C31H41N3O6. The minimum absolute atomic E-state index is 0.0399. The second-order valence-corrected chi connectivity index (χ2v) is 11.5. The third kappa shape index (κ3) is 8.64. The molecule has 0 aliphatic carbocycles. The van der Waals surface area contributed by atoms with Crippen LogP contribution in [-0.2, 0) is 36.9 Å². The largest absolute Gasteiger partial charge is 0.459 e. The molecule has 3 amide bonds. The number of amides is 3. The predicted octanol–water partition coefficient (Wildman–Crippen LogP) is 4.00. The number of hydrogen-bond donors (Lipinski definition) is 2. The van der Waals surface area contributed by atoms with Crippen LogP contribution in [-0.4, -0.2) is 58.5 Å². The average molecular weight is 552 g/mol.